The van der Waals surface area contributed by atoms with Gasteiger partial charge in [-0.25, -0.2) is 18.1 Å². The van der Waals surface area contributed by atoms with E-state index in [1.54, 1.807) is 23.5 Å². The molecule has 0 aliphatic rings. The van der Waals surface area contributed by atoms with Crippen LogP contribution < -0.4 is 10.0 Å². The van der Waals surface area contributed by atoms with E-state index >= 15 is 0 Å². The molecule has 148 valence electrons. The van der Waals surface area contributed by atoms with Gasteiger partial charge in [0, 0.05) is 36.8 Å². The Bertz CT molecular complexity index is 850. The molecule has 2 aromatic rings. The molecule has 2 N–H and O–H groups in total. The van der Waals surface area contributed by atoms with Crippen molar-refractivity contribution >= 4 is 27.3 Å². The number of thiazole rings is 1. The van der Waals surface area contributed by atoms with E-state index in [1.165, 1.54) is 19.2 Å². The van der Waals surface area contributed by atoms with Crippen molar-refractivity contribution in [2.75, 3.05) is 26.8 Å². The highest BCUT2D eigenvalue weighted by Crippen LogP contribution is 2.13. The second-order valence-electron chi connectivity index (χ2n) is 6.01. The van der Waals surface area contributed by atoms with Crippen LogP contribution in [-0.2, 0) is 21.2 Å². The third-order valence-corrected chi connectivity index (χ3v) is 6.26. The lowest BCUT2D eigenvalue weighted by atomic mass is 10.2. The van der Waals surface area contributed by atoms with Crippen LogP contribution in [0.4, 0.5) is 0 Å². The summed E-state index contributed by atoms with van der Waals surface area (Å²) in [5.74, 6) is -0.283. The van der Waals surface area contributed by atoms with Gasteiger partial charge >= 0.3 is 0 Å². The maximum absolute atomic E-state index is 12.3. The van der Waals surface area contributed by atoms with E-state index in [0.29, 0.717) is 12.1 Å². The number of unbranched alkanes of at least 4 members (excludes halogenated alkanes) is 1. The number of hydrogen-bond donors (Lipinski definition) is 2. The molecule has 1 amide bonds. The zero-order valence-electron chi connectivity index (χ0n) is 15.5. The average molecular weight is 412 g/mol. The summed E-state index contributed by atoms with van der Waals surface area (Å²) in [6.45, 7) is 2.96. The summed E-state index contributed by atoms with van der Waals surface area (Å²) in [5, 5.41) is 5.97. The minimum absolute atomic E-state index is 0.0605. The summed E-state index contributed by atoms with van der Waals surface area (Å²) in [6, 6.07) is 6.00. The van der Waals surface area contributed by atoms with Gasteiger partial charge in [-0.2, -0.15) is 0 Å². The first kappa shape index (κ1) is 21.5. The van der Waals surface area contributed by atoms with Crippen molar-refractivity contribution in [2.45, 2.75) is 31.1 Å². The van der Waals surface area contributed by atoms with Crippen LogP contribution in [-0.4, -0.2) is 46.1 Å². The molecule has 1 aromatic heterocycles. The highest BCUT2D eigenvalue weighted by atomic mass is 32.2. The second kappa shape index (κ2) is 10.5. The van der Waals surface area contributed by atoms with E-state index in [9.17, 15) is 13.2 Å². The Labute approximate surface area is 164 Å². The van der Waals surface area contributed by atoms with Crippen molar-refractivity contribution in [3.8, 4) is 0 Å². The molecule has 1 aromatic carbocycles. The van der Waals surface area contributed by atoms with Crippen molar-refractivity contribution in [2.24, 2.45) is 0 Å². The molecule has 0 aliphatic heterocycles. The number of hydrogen-bond acceptors (Lipinski definition) is 6. The predicted octanol–water partition coefficient (Wildman–Crippen LogP) is 2.13. The second-order valence-corrected chi connectivity index (χ2v) is 8.72. The van der Waals surface area contributed by atoms with E-state index in [4.69, 9.17) is 4.74 Å². The van der Waals surface area contributed by atoms with Crippen molar-refractivity contribution in [1.82, 2.24) is 15.0 Å². The van der Waals surface area contributed by atoms with Crippen molar-refractivity contribution in [3.05, 3.63) is 45.9 Å². The van der Waals surface area contributed by atoms with Gasteiger partial charge in [-0.1, -0.05) is 6.07 Å². The molecule has 0 bridgehead atoms. The largest absolute Gasteiger partial charge is 0.383 e. The minimum atomic E-state index is -3.66. The lowest BCUT2D eigenvalue weighted by molar-refractivity contribution is 0.0953. The number of nitrogens with zero attached hydrogens (tertiary/aromatic N) is 1. The Kier molecular flexibility index (Phi) is 8.36. The molecule has 7 nitrogen and oxygen atoms in total. The van der Waals surface area contributed by atoms with Crippen LogP contribution >= 0.6 is 11.3 Å². The summed E-state index contributed by atoms with van der Waals surface area (Å²) >= 11 is 1.65. The van der Waals surface area contributed by atoms with Crippen LogP contribution in [0.5, 0.6) is 0 Å². The molecule has 9 heteroatoms. The van der Waals surface area contributed by atoms with Crippen LogP contribution in [0.3, 0.4) is 0 Å². The first-order valence-electron chi connectivity index (χ1n) is 8.70. The van der Waals surface area contributed by atoms with Gasteiger partial charge in [0.15, 0.2) is 0 Å². The molecule has 0 unspecified atom stereocenters. The fraction of sp³-hybridized carbons (Fsp3) is 0.444. The predicted molar refractivity (Wildman–Crippen MR) is 106 cm³/mol. The van der Waals surface area contributed by atoms with Gasteiger partial charge in [-0.3, -0.25) is 4.79 Å². The van der Waals surface area contributed by atoms with Crippen LogP contribution in [0.25, 0.3) is 0 Å². The Balaban J connectivity index is 1.82. The fourth-order valence-corrected chi connectivity index (χ4v) is 4.27. The Morgan fingerprint density at radius 1 is 1.26 bits per heavy atom. The van der Waals surface area contributed by atoms with E-state index < -0.39 is 10.0 Å². The standard InChI is InChI=1S/C18H25N3O4S2/c1-14-13-26-17(21-14)8-3-4-9-19-18(22)15-6-5-7-16(12-15)27(23,24)20-10-11-25-2/h5-7,12-13,20H,3-4,8-11H2,1-2H3,(H,19,22). The summed E-state index contributed by atoms with van der Waals surface area (Å²) in [4.78, 5) is 16.7. The number of rotatable bonds is 11. The van der Waals surface area contributed by atoms with Gasteiger partial charge in [-0.15, -0.1) is 11.3 Å². The van der Waals surface area contributed by atoms with E-state index in [0.717, 1.165) is 30.0 Å². The zero-order chi connectivity index (χ0) is 19.7. The maximum Gasteiger partial charge on any atom is 0.251 e. The van der Waals surface area contributed by atoms with Crippen molar-refractivity contribution < 1.29 is 17.9 Å². The van der Waals surface area contributed by atoms with Gasteiger partial charge in [0.25, 0.3) is 5.91 Å². The fourth-order valence-electron chi connectivity index (χ4n) is 2.39. The van der Waals surface area contributed by atoms with Crippen LogP contribution in [0.1, 0.15) is 33.9 Å². The normalized spacial score (nSPS) is 11.5. The molecule has 1 heterocycles. The van der Waals surface area contributed by atoms with Gasteiger partial charge in [-0.05, 0) is 44.4 Å². The monoisotopic (exact) mass is 411 g/mol. The maximum atomic E-state index is 12.3. The smallest absolute Gasteiger partial charge is 0.251 e. The summed E-state index contributed by atoms with van der Waals surface area (Å²) in [6.07, 6.45) is 2.67. The molecule has 0 fully saturated rings. The molecule has 2 rings (SSSR count). The summed E-state index contributed by atoms with van der Waals surface area (Å²) in [5.41, 5.74) is 1.36. The van der Waals surface area contributed by atoms with Gasteiger partial charge in [0.1, 0.15) is 0 Å². The Morgan fingerprint density at radius 2 is 2.07 bits per heavy atom. The van der Waals surface area contributed by atoms with Crippen LogP contribution in [0.2, 0.25) is 0 Å². The minimum Gasteiger partial charge on any atom is -0.383 e. The molecule has 0 spiro atoms. The molecule has 0 saturated carbocycles. The lowest BCUT2D eigenvalue weighted by Crippen LogP contribution is -2.28. The summed E-state index contributed by atoms with van der Waals surface area (Å²) in [7, 11) is -2.16. The van der Waals surface area contributed by atoms with Crippen molar-refractivity contribution in [3.63, 3.8) is 0 Å². The number of carbonyl (C=O) groups excluding carboxylic acids is 1. The number of methoxy groups -OCH3 is 1. The number of benzene rings is 1. The number of amides is 1. The van der Waals surface area contributed by atoms with Crippen molar-refractivity contribution in [1.29, 1.82) is 0 Å². The van der Waals surface area contributed by atoms with E-state index in [-0.39, 0.29) is 24.0 Å². The Hall–Kier alpha value is -1.81. The lowest BCUT2D eigenvalue weighted by Gasteiger charge is -2.09. The van der Waals surface area contributed by atoms with Crippen LogP contribution in [0, 0.1) is 6.92 Å². The summed E-state index contributed by atoms with van der Waals surface area (Å²) < 4.78 is 31.7. The number of aromatic nitrogens is 1. The number of sulfonamides is 1. The first-order chi connectivity index (χ1) is 12.9. The highest BCUT2D eigenvalue weighted by molar-refractivity contribution is 7.89. The average Bonchev–Trinajstić information content (AvgIpc) is 3.06. The molecular weight excluding hydrogens is 386 g/mol. The molecular formula is C18H25N3O4S2. The first-order valence-corrected chi connectivity index (χ1v) is 11.1. The van der Waals surface area contributed by atoms with E-state index in [1.807, 2.05) is 12.3 Å². The molecule has 0 aliphatic carbocycles. The number of aryl methyl sites for hydroxylation is 2. The molecule has 0 radical (unpaired) electrons. The zero-order valence-corrected chi connectivity index (χ0v) is 17.2. The third-order valence-electron chi connectivity index (χ3n) is 3.77. The SMILES string of the molecule is COCCNS(=O)(=O)c1cccc(C(=O)NCCCCc2nc(C)cs2)c1. The molecule has 0 saturated heterocycles. The number of ether oxygens (including phenoxy) is 1. The van der Waals surface area contributed by atoms with Gasteiger partial charge in [0.2, 0.25) is 10.0 Å². The Morgan fingerprint density at radius 3 is 2.78 bits per heavy atom. The van der Waals surface area contributed by atoms with Crippen LogP contribution in [0.15, 0.2) is 34.5 Å². The van der Waals surface area contributed by atoms with Gasteiger partial charge in [0.05, 0.1) is 16.5 Å². The third kappa shape index (κ3) is 7.02. The quantitative estimate of drug-likeness (QED) is 0.552. The molecule has 0 atom stereocenters. The number of nitrogens with one attached hydrogen (secondary N) is 2. The topological polar surface area (TPSA) is 97.4 Å². The van der Waals surface area contributed by atoms with E-state index in [2.05, 4.69) is 15.0 Å². The molecule has 27 heavy (non-hydrogen) atoms. The highest BCUT2D eigenvalue weighted by Gasteiger charge is 2.15. The van der Waals surface area contributed by atoms with Gasteiger partial charge < -0.3 is 10.1 Å². The number of carbonyl (C=O) groups is 1.